The van der Waals surface area contributed by atoms with E-state index in [-0.39, 0.29) is 24.0 Å². The van der Waals surface area contributed by atoms with Gasteiger partial charge in [0.05, 0.1) is 18.1 Å². The van der Waals surface area contributed by atoms with E-state index in [0.29, 0.717) is 37.2 Å². The van der Waals surface area contributed by atoms with Crippen molar-refractivity contribution in [2.45, 2.75) is 25.0 Å². The molecule has 0 aliphatic rings. The first-order chi connectivity index (χ1) is 12.9. The lowest BCUT2D eigenvalue weighted by molar-refractivity contribution is 0.125. The number of benzene rings is 2. The van der Waals surface area contributed by atoms with Gasteiger partial charge in [0.2, 0.25) is 0 Å². The minimum Gasteiger partial charge on any atom is -0.375 e. The first-order valence-electron chi connectivity index (χ1n) is 8.76. The van der Waals surface area contributed by atoms with Crippen molar-refractivity contribution >= 4 is 39.8 Å². The normalized spacial score (nSPS) is 11.6. The number of halogens is 1. The number of hydrogen-bond acceptors (Lipinski definition) is 4. The summed E-state index contributed by atoms with van der Waals surface area (Å²) in [6.07, 6.45) is 1.22. The summed E-state index contributed by atoms with van der Waals surface area (Å²) >= 11 is 0. The predicted octanol–water partition coefficient (Wildman–Crippen LogP) is 2.90. The molecule has 0 aliphatic heterocycles. The van der Waals surface area contributed by atoms with Crippen LogP contribution < -0.4 is 10.6 Å². The van der Waals surface area contributed by atoms with Crippen LogP contribution in [0.4, 0.5) is 0 Å². The Balaban J connectivity index is 0.00000392. The predicted molar refractivity (Wildman–Crippen MR) is 124 cm³/mol. The number of rotatable bonds is 8. The molecule has 0 spiro atoms. The summed E-state index contributed by atoms with van der Waals surface area (Å²) in [5, 5.41) is 6.41. The third-order valence-electron chi connectivity index (χ3n) is 3.97. The van der Waals surface area contributed by atoms with Crippen molar-refractivity contribution in [1.82, 2.24) is 10.6 Å². The summed E-state index contributed by atoms with van der Waals surface area (Å²) in [5.74, 6) is 0.670. The van der Waals surface area contributed by atoms with Crippen LogP contribution in [0.25, 0.3) is 0 Å². The minimum atomic E-state index is -3.19. The second-order valence-corrected chi connectivity index (χ2v) is 8.25. The first kappa shape index (κ1) is 24.4. The molecule has 0 bridgehead atoms. The standard InChI is InChI=1S/C20H27N3O3S.HI/c1-16-13-18(9-10-19(16)27(3,24)25)14-23-20(21-2)22-11-12-26-15-17-7-5-4-6-8-17;/h4-10,13H,11-12,14-15H2,1-3H3,(H2,21,22,23);1H. The molecule has 6 nitrogen and oxygen atoms in total. The van der Waals surface area contributed by atoms with Crippen LogP contribution in [0, 0.1) is 6.92 Å². The maximum absolute atomic E-state index is 11.7. The fraction of sp³-hybridized carbons (Fsp3) is 0.350. The monoisotopic (exact) mass is 517 g/mol. The summed E-state index contributed by atoms with van der Waals surface area (Å²) in [7, 11) is -1.49. The summed E-state index contributed by atoms with van der Waals surface area (Å²) < 4.78 is 29.0. The van der Waals surface area contributed by atoms with Gasteiger partial charge in [-0.2, -0.15) is 0 Å². The van der Waals surface area contributed by atoms with Gasteiger partial charge in [0, 0.05) is 26.4 Å². The Bertz CT molecular complexity index is 872. The summed E-state index contributed by atoms with van der Waals surface area (Å²) in [4.78, 5) is 4.55. The highest BCUT2D eigenvalue weighted by Crippen LogP contribution is 2.16. The number of sulfone groups is 1. The maximum Gasteiger partial charge on any atom is 0.191 e. The average molecular weight is 517 g/mol. The van der Waals surface area contributed by atoms with Gasteiger partial charge in [-0.15, -0.1) is 24.0 Å². The van der Waals surface area contributed by atoms with E-state index >= 15 is 0 Å². The van der Waals surface area contributed by atoms with Crippen molar-refractivity contribution < 1.29 is 13.2 Å². The van der Waals surface area contributed by atoms with Gasteiger partial charge in [0.25, 0.3) is 0 Å². The van der Waals surface area contributed by atoms with E-state index in [1.807, 2.05) is 42.5 Å². The molecule has 0 aliphatic carbocycles. The molecule has 0 saturated heterocycles. The van der Waals surface area contributed by atoms with Crippen LogP contribution in [0.5, 0.6) is 0 Å². The van der Waals surface area contributed by atoms with Crippen LogP contribution >= 0.6 is 24.0 Å². The molecule has 0 saturated carbocycles. The van der Waals surface area contributed by atoms with Gasteiger partial charge in [-0.1, -0.05) is 42.5 Å². The zero-order valence-electron chi connectivity index (χ0n) is 16.4. The van der Waals surface area contributed by atoms with Gasteiger partial charge in [-0.3, -0.25) is 4.99 Å². The van der Waals surface area contributed by atoms with Crippen LogP contribution in [0.2, 0.25) is 0 Å². The Kier molecular flexibility index (Phi) is 10.5. The van der Waals surface area contributed by atoms with E-state index in [1.165, 1.54) is 6.26 Å². The van der Waals surface area contributed by atoms with Gasteiger partial charge in [0.1, 0.15) is 0 Å². The Morgan fingerprint density at radius 2 is 1.79 bits per heavy atom. The summed E-state index contributed by atoms with van der Waals surface area (Å²) in [6, 6.07) is 15.4. The highest BCUT2D eigenvalue weighted by molar-refractivity contribution is 14.0. The SMILES string of the molecule is CN=C(NCCOCc1ccccc1)NCc1ccc(S(C)(=O)=O)c(C)c1.I. The number of nitrogens with one attached hydrogen (secondary N) is 2. The second kappa shape index (κ2) is 12.0. The molecule has 2 aromatic carbocycles. The highest BCUT2D eigenvalue weighted by atomic mass is 127. The minimum absolute atomic E-state index is 0. The molecule has 154 valence electrons. The van der Waals surface area contributed by atoms with Crippen LogP contribution in [-0.4, -0.2) is 40.8 Å². The summed E-state index contributed by atoms with van der Waals surface area (Å²) in [5.41, 5.74) is 2.88. The van der Waals surface area contributed by atoms with E-state index in [0.717, 1.165) is 16.7 Å². The topological polar surface area (TPSA) is 79.8 Å². The zero-order valence-corrected chi connectivity index (χ0v) is 19.6. The molecule has 0 amide bonds. The molecule has 28 heavy (non-hydrogen) atoms. The number of hydrogen-bond donors (Lipinski definition) is 2. The van der Waals surface area contributed by atoms with Crippen molar-refractivity contribution in [2.75, 3.05) is 26.5 Å². The molecule has 0 aromatic heterocycles. The molecular weight excluding hydrogens is 489 g/mol. The van der Waals surface area contributed by atoms with Crippen LogP contribution in [0.3, 0.4) is 0 Å². The number of nitrogens with zero attached hydrogens (tertiary/aromatic N) is 1. The number of ether oxygens (including phenoxy) is 1. The van der Waals surface area contributed by atoms with E-state index < -0.39 is 9.84 Å². The largest absolute Gasteiger partial charge is 0.375 e. The van der Waals surface area contributed by atoms with Crippen LogP contribution in [-0.2, 0) is 27.7 Å². The molecule has 0 fully saturated rings. The molecular formula is C20H28IN3O3S. The Hall–Kier alpha value is -1.65. The van der Waals surface area contributed by atoms with Crippen molar-refractivity contribution in [1.29, 1.82) is 0 Å². The van der Waals surface area contributed by atoms with Crippen molar-refractivity contribution in [3.05, 3.63) is 65.2 Å². The molecule has 0 radical (unpaired) electrons. The van der Waals surface area contributed by atoms with Crippen molar-refractivity contribution in [3.8, 4) is 0 Å². The molecule has 0 heterocycles. The molecule has 0 atom stereocenters. The van der Waals surface area contributed by atoms with Crippen molar-refractivity contribution in [2.24, 2.45) is 4.99 Å². The second-order valence-electron chi connectivity index (χ2n) is 6.26. The first-order valence-corrected chi connectivity index (χ1v) is 10.6. The van der Waals surface area contributed by atoms with Crippen LogP contribution in [0.1, 0.15) is 16.7 Å². The Labute approximate surface area is 184 Å². The van der Waals surface area contributed by atoms with Gasteiger partial charge >= 0.3 is 0 Å². The van der Waals surface area contributed by atoms with Crippen LogP contribution in [0.15, 0.2) is 58.4 Å². The average Bonchev–Trinajstić information content (AvgIpc) is 2.64. The van der Waals surface area contributed by atoms with E-state index in [4.69, 9.17) is 4.74 Å². The van der Waals surface area contributed by atoms with Gasteiger partial charge in [-0.05, 0) is 29.7 Å². The van der Waals surface area contributed by atoms with Gasteiger partial charge in [0.15, 0.2) is 15.8 Å². The maximum atomic E-state index is 11.7. The van der Waals surface area contributed by atoms with E-state index in [1.54, 1.807) is 20.0 Å². The zero-order chi connectivity index (χ0) is 19.7. The Morgan fingerprint density at radius 1 is 1.07 bits per heavy atom. The third kappa shape index (κ3) is 8.15. The van der Waals surface area contributed by atoms with E-state index in [2.05, 4.69) is 15.6 Å². The highest BCUT2D eigenvalue weighted by Gasteiger charge is 2.10. The smallest absolute Gasteiger partial charge is 0.191 e. The molecule has 0 unspecified atom stereocenters. The Morgan fingerprint density at radius 3 is 2.39 bits per heavy atom. The quantitative estimate of drug-likeness (QED) is 0.244. The fourth-order valence-corrected chi connectivity index (χ4v) is 3.61. The lowest BCUT2D eigenvalue weighted by atomic mass is 10.1. The molecule has 8 heteroatoms. The number of aryl methyl sites for hydroxylation is 1. The lowest BCUT2D eigenvalue weighted by Crippen LogP contribution is -2.38. The molecule has 2 N–H and O–H groups in total. The number of guanidine groups is 1. The third-order valence-corrected chi connectivity index (χ3v) is 5.23. The van der Waals surface area contributed by atoms with Crippen molar-refractivity contribution in [3.63, 3.8) is 0 Å². The fourth-order valence-electron chi connectivity index (χ4n) is 2.65. The molecule has 2 rings (SSSR count). The molecule has 2 aromatic rings. The van der Waals surface area contributed by atoms with Gasteiger partial charge in [-0.25, -0.2) is 8.42 Å². The summed E-state index contributed by atoms with van der Waals surface area (Å²) in [6.45, 7) is 4.14. The van der Waals surface area contributed by atoms with Gasteiger partial charge < -0.3 is 15.4 Å². The lowest BCUT2D eigenvalue weighted by Gasteiger charge is -2.13. The van der Waals surface area contributed by atoms with E-state index in [9.17, 15) is 8.42 Å². The number of aliphatic imine (C=N–C) groups is 1.